The first-order valence-corrected chi connectivity index (χ1v) is 7.08. The predicted molar refractivity (Wildman–Crippen MR) is 75.8 cm³/mol. The summed E-state index contributed by atoms with van der Waals surface area (Å²) >= 11 is 6.08. The largest absolute Gasteiger partial charge is 0.399 e. The molecule has 98 valence electrons. The van der Waals surface area contributed by atoms with Crippen molar-refractivity contribution in [3.05, 3.63) is 28.8 Å². The van der Waals surface area contributed by atoms with Gasteiger partial charge < -0.3 is 5.73 Å². The van der Waals surface area contributed by atoms with Gasteiger partial charge in [-0.05, 0) is 23.6 Å². The number of benzene rings is 1. The molecule has 1 aliphatic carbocycles. The number of nitrogen functional groups attached to an aromatic ring is 1. The number of Topliss-reactive ketones (excluding diaryl/α,β-unsaturated/α-hetero) is 1. The average Bonchev–Trinajstić information content (AvgIpc) is 2.34. The van der Waals surface area contributed by atoms with Gasteiger partial charge in [0.25, 0.3) is 0 Å². The second kappa shape index (κ2) is 6.24. The third-order valence-electron chi connectivity index (χ3n) is 3.71. The zero-order valence-electron chi connectivity index (χ0n) is 10.6. The molecule has 0 atom stereocenters. The second-order valence-electron chi connectivity index (χ2n) is 5.27. The van der Waals surface area contributed by atoms with Gasteiger partial charge in [0.15, 0.2) is 0 Å². The van der Waals surface area contributed by atoms with E-state index in [1.165, 1.54) is 32.1 Å². The zero-order valence-corrected chi connectivity index (χ0v) is 11.4. The molecule has 18 heavy (non-hydrogen) atoms. The fourth-order valence-corrected chi connectivity index (χ4v) is 2.96. The molecule has 1 fully saturated rings. The summed E-state index contributed by atoms with van der Waals surface area (Å²) in [6.45, 7) is 0. The minimum atomic E-state index is 0.300. The molecule has 0 amide bonds. The molecule has 1 saturated carbocycles. The van der Waals surface area contributed by atoms with Crippen LogP contribution in [0.25, 0.3) is 0 Å². The number of carbonyl (C=O) groups excluding carboxylic acids is 1. The summed E-state index contributed by atoms with van der Waals surface area (Å²) < 4.78 is 0. The molecule has 1 aromatic carbocycles. The van der Waals surface area contributed by atoms with E-state index in [0.29, 0.717) is 35.3 Å². The van der Waals surface area contributed by atoms with Crippen LogP contribution in [0.4, 0.5) is 5.69 Å². The molecular formula is C15H20ClNO. The van der Waals surface area contributed by atoms with E-state index in [4.69, 9.17) is 17.3 Å². The highest BCUT2D eigenvalue weighted by Gasteiger charge is 2.17. The normalized spacial score (nSPS) is 16.7. The van der Waals surface area contributed by atoms with Gasteiger partial charge in [-0.1, -0.05) is 49.8 Å². The number of rotatable bonds is 4. The Morgan fingerprint density at radius 1 is 1.28 bits per heavy atom. The third kappa shape index (κ3) is 3.74. The molecule has 0 unspecified atom stereocenters. The fraction of sp³-hybridized carbons (Fsp3) is 0.533. The Labute approximate surface area is 114 Å². The molecule has 2 rings (SSSR count). The maximum absolute atomic E-state index is 12.0. The van der Waals surface area contributed by atoms with Crippen molar-refractivity contribution in [3.63, 3.8) is 0 Å². The van der Waals surface area contributed by atoms with E-state index in [9.17, 15) is 4.79 Å². The van der Waals surface area contributed by atoms with Gasteiger partial charge in [-0.15, -0.1) is 0 Å². The van der Waals surface area contributed by atoms with Crippen LogP contribution in [0.3, 0.4) is 0 Å². The van der Waals surface area contributed by atoms with Crippen molar-refractivity contribution in [2.45, 2.75) is 44.9 Å². The van der Waals surface area contributed by atoms with E-state index in [2.05, 4.69) is 0 Å². The highest BCUT2D eigenvalue weighted by atomic mass is 35.5. The van der Waals surface area contributed by atoms with E-state index >= 15 is 0 Å². The van der Waals surface area contributed by atoms with Crippen LogP contribution in [0, 0.1) is 5.92 Å². The molecule has 0 heterocycles. The van der Waals surface area contributed by atoms with Gasteiger partial charge >= 0.3 is 0 Å². The van der Waals surface area contributed by atoms with Crippen molar-refractivity contribution >= 4 is 23.1 Å². The number of hydrogen-bond donors (Lipinski definition) is 1. The van der Waals surface area contributed by atoms with Crippen molar-refractivity contribution in [1.82, 2.24) is 0 Å². The first-order chi connectivity index (χ1) is 8.65. The van der Waals surface area contributed by atoms with Gasteiger partial charge in [0.1, 0.15) is 5.78 Å². The summed E-state index contributed by atoms with van der Waals surface area (Å²) in [6, 6.07) is 5.37. The molecule has 0 aliphatic heterocycles. The minimum absolute atomic E-state index is 0.300. The van der Waals surface area contributed by atoms with Crippen LogP contribution in [0.1, 0.15) is 44.1 Å². The highest BCUT2D eigenvalue weighted by molar-refractivity contribution is 6.31. The fourth-order valence-electron chi connectivity index (χ4n) is 2.70. The number of hydrogen-bond acceptors (Lipinski definition) is 2. The quantitative estimate of drug-likeness (QED) is 0.836. The van der Waals surface area contributed by atoms with Crippen LogP contribution in [0.15, 0.2) is 18.2 Å². The standard InChI is InChI=1S/C15H20ClNO/c16-15-10-13(17)7-6-12(15)9-14(18)8-11-4-2-1-3-5-11/h6-7,10-11H,1-5,8-9,17H2. The van der Waals surface area contributed by atoms with Gasteiger partial charge in [0, 0.05) is 23.6 Å². The van der Waals surface area contributed by atoms with Crippen molar-refractivity contribution in [3.8, 4) is 0 Å². The summed E-state index contributed by atoms with van der Waals surface area (Å²) in [5.74, 6) is 0.896. The van der Waals surface area contributed by atoms with Gasteiger partial charge in [0.2, 0.25) is 0 Å². The van der Waals surface area contributed by atoms with Crippen molar-refractivity contribution < 1.29 is 4.79 Å². The summed E-state index contributed by atoms with van der Waals surface area (Å²) in [5.41, 5.74) is 7.18. The van der Waals surface area contributed by atoms with Gasteiger partial charge in [-0.25, -0.2) is 0 Å². The van der Waals surface area contributed by atoms with E-state index in [1.54, 1.807) is 12.1 Å². The molecule has 0 aromatic heterocycles. The molecule has 3 heteroatoms. The summed E-state index contributed by atoms with van der Waals surface area (Å²) in [5, 5.41) is 0.604. The Hall–Kier alpha value is -1.02. The first-order valence-electron chi connectivity index (χ1n) is 6.71. The number of nitrogens with two attached hydrogens (primary N) is 1. The number of halogens is 1. The summed E-state index contributed by atoms with van der Waals surface area (Å²) in [4.78, 5) is 12.0. The van der Waals surface area contributed by atoms with Crippen LogP contribution in [0.2, 0.25) is 5.02 Å². The number of ketones is 1. The summed E-state index contributed by atoms with van der Waals surface area (Å²) in [6.07, 6.45) is 7.45. The molecule has 1 aromatic rings. The van der Waals surface area contributed by atoms with E-state index in [0.717, 1.165) is 5.56 Å². The average molecular weight is 266 g/mol. The third-order valence-corrected chi connectivity index (χ3v) is 4.06. The highest BCUT2D eigenvalue weighted by Crippen LogP contribution is 2.27. The lowest BCUT2D eigenvalue weighted by atomic mass is 9.85. The monoisotopic (exact) mass is 265 g/mol. The summed E-state index contributed by atoms with van der Waals surface area (Å²) in [7, 11) is 0. The molecule has 0 spiro atoms. The molecule has 0 bridgehead atoms. The first kappa shape index (κ1) is 13.4. The van der Waals surface area contributed by atoms with Crippen molar-refractivity contribution in [1.29, 1.82) is 0 Å². The smallest absolute Gasteiger partial charge is 0.137 e. The van der Waals surface area contributed by atoms with Crippen LogP contribution < -0.4 is 5.73 Å². The Morgan fingerprint density at radius 2 is 2.00 bits per heavy atom. The number of carbonyl (C=O) groups is 1. The SMILES string of the molecule is Nc1ccc(CC(=O)CC2CCCCC2)c(Cl)c1. The number of anilines is 1. The lowest BCUT2D eigenvalue weighted by Gasteiger charge is -2.20. The second-order valence-corrected chi connectivity index (χ2v) is 5.68. The van der Waals surface area contributed by atoms with Crippen molar-refractivity contribution in [2.75, 3.05) is 5.73 Å². The maximum Gasteiger partial charge on any atom is 0.137 e. The van der Waals surface area contributed by atoms with Crippen LogP contribution >= 0.6 is 11.6 Å². The van der Waals surface area contributed by atoms with Crippen LogP contribution in [-0.2, 0) is 11.2 Å². The van der Waals surface area contributed by atoms with E-state index in [1.807, 2.05) is 6.07 Å². The minimum Gasteiger partial charge on any atom is -0.399 e. The molecular weight excluding hydrogens is 246 g/mol. The van der Waals surface area contributed by atoms with Crippen LogP contribution in [-0.4, -0.2) is 5.78 Å². The van der Waals surface area contributed by atoms with Crippen LogP contribution in [0.5, 0.6) is 0 Å². The van der Waals surface area contributed by atoms with Gasteiger partial charge in [0.05, 0.1) is 0 Å². The molecule has 2 N–H and O–H groups in total. The predicted octanol–water partition coefficient (Wildman–Crippen LogP) is 4.00. The maximum atomic E-state index is 12.0. The molecule has 1 aliphatic rings. The Morgan fingerprint density at radius 3 is 2.67 bits per heavy atom. The Kier molecular flexibility index (Phi) is 4.65. The Balaban J connectivity index is 1.90. The van der Waals surface area contributed by atoms with Gasteiger partial charge in [-0.3, -0.25) is 4.79 Å². The van der Waals surface area contributed by atoms with Crippen molar-refractivity contribution in [2.24, 2.45) is 5.92 Å². The van der Waals surface area contributed by atoms with Gasteiger partial charge in [-0.2, -0.15) is 0 Å². The molecule has 2 nitrogen and oxygen atoms in total. The Bertz CT molecular complexity index is 425. The zero-order chi connectivity index (χ0) is 13.0. The van der Waals surface area contributed by atoms with E-state index < -0.39 is 0 Å². The molecule has 0 radical (unpaired) electrons. The van der Waals surface area contributed by atoms with E-state index in [-0.39, 0.29) is 0 Å². The molecule has 0 saturated heterocycles. The topological polar surface area (TPSA) is 43.1 Å². The lowest BCUT2D eigenvalue weighted by Crippen LogP contribution is -2.13. The lowest BCUT2D eigenvalue weighted by molar-refractivity contribution is -0.119.